The first-order valence-corrected chi connectivity index (χ1v) is 9.26. The maximum Gasteiger partial charge on any atom is 0.243 e. The Morgan fingerprint density at radius 2 is 2.00 bits per heavy atom. The van der Waals surface area contributed by atoms with Gasteiger partial charge in [0, 0.05) is 66.1 Å². The number of amides is 1. The molecule has 1 saturated heterocycles. The maximum absolute atomic E-state index is 11.7. The molecule has 1 fully saturated rings. The van der Waals surface area contributed by atoms with Gasteiger partial charge in [0.15, 0.2) is 5.96 Å². The van der Waals surface area contributed by atoms with Gasteiger partial charge in [-0.1, -0.05) is 0 Å². The van der Waals surface area contributed by atoms with Crippen molar-refractivity contribution in [2.75, 3.05) is 66.1 Å². The van der Waals surface area contributed by atoms with Gasteiger partial charge < -0.3 is 25.0 Å². The Bertz CT molecular complexity index is 391. The second kappa shape index (κ2) is 13.0. The van der Waals surface area contributed by atoms with Gasteiger partial charge in [-0.05, 0) is 6.26 Å². The molecule has 0 aromatic carbocycles. The van der Waals surface area contributed by atoms with Crippen LogP contribution in [0.2, 0.25) is 0 Å². The molecule has 142 valence electrons. The Kier molecular flexibility index (Phi) is 12.9. The van der Waals surface area contributed by atoms with E-state index in [1.54, 1.807) is 33.0 Å². The largest absolute Gasteiger partial charge is 0.381 e. The fourth-order valence-electron chi connectivity index (χ4n) is 2.18. The van der Waals surface area contributed by atoms with Gasteiger partial charge in [-0.2, -0.15) is 11.8 Å². The lowest BCUT2D eigenvalue weighted by molar-refractivity contribution is -0.127. The number of nitrogens with one attached hydrogen (secondary N) is 2. The highest BCUT2D eigenvalue weighted by atomic mass is 127. The topological polar surface area (TPSA) is 75.2 Å². The number of thioether (sulfide) groups is 1. The molecule has 0 spiro atoms. The van der Waals surface area contributed by atoms with E-state index in [2.05, 4.69) is 21.9 Å². The van der Waals surface area contributed by atoms with Gasteiger partial charge in [-0.15, -0.1) is 24.0 Å². The van der Waals surface area contributed by atoms with E-state index in [1.807, 2.05) is 0 Å². The van der Waals surface area contributed by atoms with Crippen LogP contribution in [0.15, 0.2) is 4.99 Å². The molecule has 0 aromatic heterocycles. The molecule has 0 unspecified atom stereocenters. The van der Waals surface area contributed by atoms with Crippen molar-refractivity contribution < 1.29 is 14.3 Å². The highest BCUT2D eigenvalue weighted by Crippen LogP contribution is 2.23. The van der Waals surface area contributed by atoms with E-state index in [1.165, 1.54) is 4.90 Å². The predicted octanol–water partition coefficient (Wildman–Crippen LogP) is 0.786. The van der Waals surface area contributed by atoms with Gasteiger partial charge in [0.2, 0.25) is 5.91 Å². The molecule has 1 rings (SSSR count). The Balaban J connectivity index is 0.00000529. The summed E-state index contributed by atoms with van der Waals surface area (Å²) < 4.78 is 11.1. The molecule has 1 aliphatic rings. The van der Waals surface area contributed by atoms with Crippen molar-refractivity contribution in [2.45, 2.75) is 18.4 Å². The second-order valence-corrected chi connectivity index (χ2v) is 6.71. The Morgan fingerprint density at radius 1 is 1.33 bits per heavy atom. The maximum atomic E-state index is 11.7. The first-order chi connectivity index (χ1) is 11.0. The Hall–Kier alpha value is -0.260. The average molecular weight is 474 g/mol. The minimum absolute atomic E-state index is 0. The fourth-order valence-corrected chi connectivity index (χ4v) is 2.48. The molecule has 2 N–H and O–H groups in total. The van der Waals surface area contributed by atoms with E-state index < -0.39 is 0 Å². The molecule has 1 heterocycles. The van der Waals surface area contributed by atoms with Crippen molar-refractivity contribution in [3.8, 4) is 0 Å². The number of ether oxygens (including phenoxy) is 2. The van der Waals surface area contributed by atoms with Crippen LogP contribution in [0.5, 0.6) is 0 Å². The van der Waals surface area contributed by atoms with Crippen LogP contribution in [0.1, 0.15) is 12.8 Å². The Labute approximate surface area is 166 Å². The van der Waals surface area contributed by atoms with Gasteiger partial charge in [-0.3, -0.25) is 4.79 Å². The SMILES string of the molecule is COC1(CNC(=NCC(=O)N(C)C)NCCSC)CCOCC1.I. The first-order valence-electron chi connectivity index (χ1n) is 7.87. The van der Waals surface area contributed by atoms with Crippen LogP contribution in [0, 0.1) is 0 Å². The van der Waals surface area contributed by atoms with Crippen molar-refractivity contribution in [1.82, 2.24) is 15.5 Å². The molecule has 0 aliphatic carbocycles. The second-order valence-electron chi connectivity index (χ2n) is 5.73. The third-order valence-corrected chi connectivity index (χ3v) is 4.50. The highest BCUT2D eigenvalue weighted by molar-refractivity contribution is 14.0. The zero-order chi connectivity index (χ0) is 17.1. The minimum atomic E-state index is -0.230. The molecule has 1 aliphatic heterocycles. The quantitative estimate of drug-likeness (QED) is 0.235. The van der Waals surface area contributed by atoms with Crippen LogP contribution < -0.4 is 10.6 Å². The molecule has 0 aromatic rings. The van der Waals surface area contributed by atoms with E-state index in [9.17, 15) is 4.79 Å². The summed E-state index contributed by atoms with van der Waals surface area (Å²) >= 11 is 1.76. The van der Waals surface area contributed by atoms with E-state index >= 15 is 0 Å². The third-order valence-electron chi connectivity index (χ3n) is 3.88. The molecule has 0 bridgehead atoms. The van der Waals surface area contributed by atoms with Crippen molar-refractivity contribution in [1.29, 1.82) is 0 Å². The monoisotopic (exact) mass is 474 g/mol. The van der Waals surface area contributed by atoms with E-state index in [0.29, 0.717) is 25.7 Å². The van der Waals surface area contributed by atoms with Crippen LogP contribution in [0.25, 0.3) is 0 Å². The summed E-state index contributed by atoms with van der Waals surface area (Å²) in [5.41, 5.74) is -0.230. The smallest absolute Gasteiger partial charge is 0.243 e. The molecule has 0 atom stereocenters. The van der Waals surface area contributed by atoms with Crippen molar-refractivity contribution in [2.24, 2.45) is 4.99 Å². The van der Waals surface area contributed by atoms with E-state index in [0.717, 1.165) is 25.1 Å². The molecule has 9 heteroatoms. The molecular weight excluding hydrogens is 443 g/mol. The number of likely N-dealkylation sites (N-methyl/N-ethyl adjacent to an activating group) is 1. The number of carbonyl (C=O) groups is 1. The predicted molar refractivity (Wildman–Crippen MR) is 111 cm³/mol. The van der Waals surface area contributed by atoms with Crippen molar-refractivity contribution in [3.63, 3.8) is 0 Å². The molecule has 7 nitrogen and oxygen atoms in total. The Morgan fingerprint density at radius 3 is 2.54 bits per heavy atom. The number of halogens is 1. The van der Waals surface area contributed by atoms with Gasteiger partial charge in [0.1, 0.15) is 6.54 Å². The number of methoxy groups -OCH3 is 1. The molecule has 24 heavy (non-hydrogen) atoms. The first kappa shape index (κ1) is 23.7. The lowest BCUT2D eigenvalue weighted by atomic mass is 9.94. The number of hydrogen-bond acceptors (Lipinski definition) is 5. The van der Waals surface area contributed by atoms with Gasteiger partial charge >= 0.3 is 0 Å². The number of rotatable bonds is 8. The average Bonchev–Trinajstić information content (AvgIpc) is 2.57. The minimum Gasteiger partial charge on any atom is -0.381 e. The number of hydrogen-bond donors (Lipinski definition) is 2. The van der Waals surface area contributed by atoms with E-state index in [-0.39, 0.29) is 42.0 Å². The number of aliphatic imine (C=N–C) groups is 1. The summed E-state index contributed by atoms with van der Waals surface area (Å²) in [6.45, 7) is 2.99. The summed E-state index contributed by atoms with van der Waals surface area (Å²) in [7, 11) is 5.20. The van der Waals surface area contributed by atoms with Crippen LogP contribution >= 0.6 is 35.7 Å². The summed E-state index contributed by atoms with van der Waals surface area (Å²) in [6.07, 6.45) is 3.76. The summed E-state index contributed by atoms with van der Waals surface area (Å²) in [5, 5.41) is 6.57. The van der Waals surface area contributed by atoms with Crippen LogP contribution in [0.3, 0.4) is 0 Å². The standard InChI is InChI=1S/C15H30N4O3S.HI/c1-19(2)13(20)11-17-14(16-7-10-23-4)18-12-15(21-3)5-8-22-9-6-15;/h5-12H2,1-4H3,(H2,16,17,18);1H. The van der Waals surface area contributed by atoms with Crippen LogP contribution in [0.4, 0.5) is 0 Å². The molecule has 0 saturated carbocycles. The van der Waals surface area contributed by atoms with E-state index in [4.69, 9.17) is 9.47 Å². The number of carbonyl (C=O) groups excluding carboxylic acids is 1. The number of nitrogens with zero attached hydrogens (tertiary/aromatic N) is 2. The lowest BCUT2D eigenvalue weighted by Gasteiger charge is -2.36. The normalized spacial score (nSPS) is 16.9. The van der Waals surface area contributed by atoms with Gasteiger partial charge in [0.05, 0.1) is 5.60 Å². The van der Waals surface area contributed by atoms with Gasteiger partial charge in [-0.25, -0.2) is 4.99 Å². The fraction of sp³-hybridized carbons (Fsp3) is 0.867. The zero-order valence-electron chi connectivity index (χ0n) is 15.1. The number of guanidine groups is 1. The molecule has 1 amide bonds. The zero-order valence-corrected chi connectivity index (χ0v) is 18.2. The van der Waals surface area contributed by atoms with Crippen LogP contribution in [-0.2, 0) is 14.3 Å². The summed E-state index contributed by atoms with van der Waals surface area (Å²) in [5.74, 6) is 1.60. The lowest BCUT2D eigenvalue weighted by Crippen LogP contribution is -2.51. The summed E-state index contributed by atoms with van der Waals surface area (Å²) in [4.78, 5) is 17.6. The highest BCUT2D eigenvalue weighted by Gasteiger charge is 2.32. The van der Waals surface area contributed by atoms with Crippen LogP contribution in [-0.4, -0.2) is 88.4 Å². The van der Waals surface area contributed by atoms with Crippen molar-refractivity contribution in [3.05, 3.63) is 0 Å². The van der Waals surface area contributed by atoms with Gasteiger partial charge in [0.25, 0.3) is 0 Å². The summed E-state index contributed by atoms with van der Waals surface area (Å²) in [6, 6.07) is 0. The van der Waals surface area contributed by atoms with Crippen molar-refractivity contribution >= 4 is 47.6 Å². The third kappa shape index (κ3) is 8.72. The molecular formula is C15H31IN4O3S. The molecule has 0 radical (unpaired) electrons.